The van der Waals surface area contributed by atoms with Gasteiger partial charge in [-0.25, -0.2) is 0 Å². The number of aromatic nitrogens is 1. The van der Waals surface area contributed by atoms with E-state index in [0.29, 0.717) is 11.0 Å². The number of methoxy groups -OCH3 is 2. The van der Waals surface area contributed by atoms with E-state index < -0.39 is 13.4 Å². The highest BCUT2D eigenvalue weighted by molar-refractivity contribution is 6.58. The molecule has 76 valence electrons. The van der Waals surface area contributed by atoms with Crippen molar-refractivity contribution in [3.8, 4) is 0 Å². The molecular weight excluding hydrogens is 185 g/mol. The Morgan fingerprint density at radius 1 is 1.29 bits per heavy atom. The molecule has 0 amide bonds. The largest absolute Gasteiger partial charge is 0.490 e. The lowest BCUT2D eigenvalue weighted by atomic mass is 9.81. The molecule has 2 N–H and O–H groups in total. The van der Waals surface area contributed by atoms with Crippen LogP contribution in [0.4, 0.5) is 0 Å². The average Bonchev–Trinajstić information content (AvgIpc) is 2.20. The summed E-state index contributed by atoms with van der Waals surface area (Å²) in [6.45, 7) is 0. The Morgan fingerprint density at radius 2 is 1.93 bits per heavy atom. The van der Waals surface area contributed by atoms with E-state index in [1.807, 2.05) is 0 Å². The lowest BCUT2D eigenvalue weighted by Crippen LogP contribution is -2.30. The van der Waals surface area contributed by atoms with Crippen LogP contribution in [0.25, 0.3) is 0 Å². The number of rotatable bonds is 4. The van der Waals surface area contributed by atoms with Gasteiger partial charge in [-0.05, 0) is 0 Å². The van der Waals surface area contributed by atoms with E-state index in [1.165, 1.54) is 20.4 Å². The van der Waals surface area contributed by atoms with Crippen molar-refractivity contribution in [1.82, 2.24) is 4.98 Å². The molecule has 0 fully saturated rings. The lowest BCUT2D eigenvalue weighted by Gasteiger charge is -2.13. The van der Waals surface area contributed by atoms with E-state index in [4.69, 9.17) is 19.5 Å². The molecule has 0 bridgehead atoms. The molecule has 5 nitrogen and oxygen atoms in total. The van der Waals surface area contributed by atoms with Gasteiger partial charge in [-0.15, -0.1) is 0 Å². The van der Waals surface area contributed by atoms with Crippen LogP contribution in [0, 0.1) is 0 Å². The van der Waals surface area contributed by atoms with Crippen LogP contribution in [0.1, 0.15) is 11.9 Å². The monoisotopic (exact) mass is 197 g/mol. The highest BCUT2D eigenvalue weighted by Crippen LogP contribution is 2.14. The maximum Gasteiger partial charge on any atom is 0.490 e. The first-order valence-electron chi connectivity index (χ1n) is 4.05. The fourth-order valence-corrected chi connectivity index (χ4v) is 1.11. The van der Waals surface area contributed by atoms with Crippen LogP contribution in [0.15, 0.2) is 18.5 Å². The van der Waals surface area contributed by atoms with Crippen LogP contribution < -0.4 is 5.46 Å². The van der Waals surface area contributed by atoms with E-state index in [1.54, 1.807) is 12.3 Å². The summed E-state index contributed by atoms with van der Waals surface area (Å²) < 4.78 is 9.99. The molecule has 0 saturated heterocycles. The Morgan fingerprint density at radius 3 is 2.43 bits per heavy atom. The lowest BCUT2D eigenvalue weighted by molar-refractivity contribution is -0.106. The summed E-state index contributed by atoms with van der Waals surface area (Å²) in [5.41, 5.74) is 0.946. The Bertz CT molecular complexity index is 290. The summed E-state index contributed by atoms with van der Waals surface area (Å²) in [6, 6.07) is 1.56. The van der Waals surface area contributed by atoms with Crippen LogP contribution in [-0.2, 0) is 9.47 Å². The zero-order valence-electron chi connectivity index (χ0n) is 8.04. The normalized spacial score (nSPS) is 10.6. The second-order valence-corrected chi connectivity index (χ2v) is 2.73. The Hall–Kier alpha value is -0.945. The smallest absolute Gasteiger partial charge is 0.423 e. The van der Waals surface area contributed by atoms with Crippen molar-refractivity contribution in [2.45, 2.75) is 6.29 Å². The third-order valence-corrected chi connectivity index (χ3v) is 1.78. The molecule has 0 saturated carbocycles. The first-order chi connectivity index (χ1) is 6.69. The van der Waals surface area contributed by atoms with Crippen molar-refractivity contribution in [2.75, 3.05) is 14.2 Å². The van der Waals surface area contributed by atoms with Gasteiger partial charge in [0.05, 0.1) is 0 Å². The molecular formula is C8H12BNO4. The van der Waals surface area contributed by atoms with Crippen LogP contribution in [0.2, 0.25) is 0 Å². The van der Waals surface area contributed by atoms with Crippen LogP contribution in [0.5, 0.6) is 0 Å². The van der Waals surface area contributed by atoms with E-state index in [-0.39, 0.29) is 0 Å². The molecule has 0 atom stereocenters. The zero-order chi connectivity index (χ0) is 10.6. The van der Waals surface area contributed by atoms with E-state index in [2.05, 4.69) is 4.98 Å². The Labute approximate surface area is 82.5 Å². The van der Waals surface area contributed by atoms with Gasteiger partial charge in [-0.1, -0.05) is 6.07 Å². The molecule has 0 aromatic carbocycles. The first kappa shape index (κ1) is 11.1. The highest BCUT2D eigenvalue weighted by atomic mass is 16.7. The maximum atomic E-state index is 8.91. The minimum absolute atomic E-state index is 0.307. The Kier molecular flexibility index (Phi) is 4.03. The summed E-state index contributed by atoms with van der Waals surface area (Å²) >= 11 is 0. The molecule has 0 aliphatic rings. The molecule has 0 aliphatic heterocycles. The van der Waals surface area contributed by atoms with Crippen LogP contribution in [-0.4, -0.2) is 36.4 Å². The third kappa shape index (κ3) is 2.52. The van der Waals surface area contributed by atoms with Gasteiger partial charge in [0.1, 0.15) is 0 Å². The van der Waals surface area contributed by atoms with E-state index >= 15 is 0 Å². The first-order valence-corrected chi connectivity index (χ1v) is 4.05. The van der Waals surface area contributed by atoms with E-state index in [0.717, 1.165) is 0 Å². The third-order valence-electron chi connectivity index (χ3n) is 1.78. The fraction of sp³-hybridized carbons (Fsp3) is 0.375. The van der Waals surface area contributed by atoms with Gasteiger partial charge in [0.25, 0.3) is 0 Å². The van der Waals surface area contributed by atoms with Gasteiger partial charge in [-0.2, -0.15) is 0 Å². The predicted molar refractivity (Wildman–Crippen MR) is 50.8 cm³/mol. The van der Waals surface area contributed by atoms with Gasteiger partial charge < -0.3 is 19.5 Å². The SMILES string of the molecule is COC(OC)c1cncc(B(O)O)c1. The van der Waals surface area contributed by atoms with E-state index in [9.17, 15) is 0 Å². The van der Waals surface area contributed by atoms with Crippen molar-refractivity contribution in [1.29, 1.82) is 0 Å². The number of hydrogen-bond acceptors (Lipinski definition) is 5. The Balaban J connectivity index is 2.92. The zero-order valence-corrected chi connectivity index (χ0v) is 8.04. The van der Waals surface area contributed by atoms with Crippen LogP contribution in [0.3, 0.4) is 0 Å². The van der Waals surface area contributed by atoms with Crippen molar-refractivity contribution in [2.24, 2.45) is 0 Å². The van der Waals surface area contributed by atoms with Crippen molar-refractivity contribution in [3.63, 3.8) is 0 Å². The summed E-state index contributed by atoms with van der Waals surface area (Å²) in [6.07, 6.45) is 2.38. The molecule has 1 heterocycles. The standard InChI is InChI=1S/C8H12BNO4/c1-13-8(14-2)6-3-7(9(11)12)5-10-4-6/h3-5,8,11-12H,1-2H3. The quantitative estimate of drug-likeness (QED) is 0.481. The summed E-state index contributed by atoms with van der Waals surface area (Å²) in [4.78, 5) is 3.84. The molecule has 6 heteroatoms. The summed E-state index contributed by atoms with van der Waals surface area (Å²) in [5.74, 6) is 0. The minimum atomic E-state index is -1.53. The highest BCUT2D eigenvalue weighted by Gasteiger charge is 2.15. The molecule has 0 spiro atoms. The number of pyridine rings is 1. The molecule has 1 aromatic heterocycles. The van der Waals surface area contributed by atoms with Gasteiger partial charge in [0.2, 0.25) is 0 Å². The second kappa shape index (κ2) is 5.06. The van der Waals surface area contributed by atoms with Crippen LogP contribution >= 0.6 is 0 Å². The number of ether oxygens (including phenoxy) is 2. The fourth-order valence-electron chi connectivity index (χ4n) is 1.11. The maximum absolute atomic E-state index is 8.91. The van der Waals surface area contributed by atoms with Crippen molar-refractivity contribution < 1.29 is 19.5 Å². The molecule has 0 radical (unpaired) electrons. The predicted octanol–water partition coefficient (Wildman–Crippen LogP) is -0.947. The molecule has 0 unspecified atom stereocenters. The topological polar surface area (TPSA) is 71.8 Å². The minimum Gasteiger partial charge on any atom is -0.423 e. The second-order valence-electron chi connectivity index (χ2n) is 2.73. The van der Waals surface area contributed by atoms with Gasteiger partial charge in [0.15, 0.2) is 6.29 Å². The average molecular weight is 197 g/mol. The molecule has 1 aromatic rings. The van der Waals surface area contributed by atoms with Crippen molar-refractivity contribution in [3.05, 3.63) is 24.0 Å². The molecule has 1 rings (SSSR count). The molecule has 14 heavy (non-hydrogen) atoms. The number of hydrogen-bond donors (Lipinski definition) is 2. The summed E-state index contributed by atoms with van der Waals surface area (Å²) in [7, 11) is 1.46. The summed E-state index contributed by atoms with van der Waals surface area (Å²) in [5, 5.41) is 17.8. The van der Waals surface area contributed by atoms with Gasteiger partial charge >= 0.3 is 7.12 Å². The molecule has 0 aliphatic carbocycles. The van der Waals surface area contributed by atoms with Gasteiger partial charge in [0, 0.05) is 37.6 Å². The number of nitrogens with zero attached hydrogens (tertiary/aromatic N) is 1. The van der Waals surface area contributed by atoms with Gasteiger partial charge in [-0.3, -0.25) is 4.98 Å². The van der Waals surface area contributed by atoms with Crippen molar-refractivity contribution >= 4 is 12.6 Å².